The number of hydrogen-bond acceptors (Lipinski definition) is 7. The summed E-state index contributed by atoms with van der Waals surface area (Å²) in [5.74, 6) is 0.173. The highest BCUT2D eigenvalue weighted by Gasteiger charge is 2.22. The number of ether oxygens (including phenoxy) is 1. The maximum absolute atomic E-state index is 12.6. The number of nitrogens with two attached hydrogens (primary N) is 1. The number of nitrogens with zero attached hydrogens (tertiary/aromatic N) is 1. The number of ketones is 1. The largest absolute Gasteiger partial charge is 0.482 e. The van der Waals surface area contributed by atoms with Crippen LogP contribution in [0.4, 0.5) is 11.5 Å². The van der Waals surface area contributed by atoms with E-state index in [2.05, 4.69) is 15.3 Å². The van der Waals surface area contributed by atoms with Crippen LogP contribution in [0.1, 0.15) is 17.3 Å². The van der Waals surface area contributed by atoms with E-state index < -0.39 is 5.25 Å². The molecular formula is C15H14N4O4S. The summed E-state index contributed by atoms with van der Waals surface area (Å²) < 4.78 is 5.26. The second-order valence-electron chi connectivity index (χ2n) is 5.15. The second-order valence-corrected chi connectivity index (χ2v) is 6.48. The van der Waals surface area contributed by atoms with E-state index in [1.165, 1.54) is 6.07 Å². The number of nitrogen functional groups attached to an aromatic ring is 1. The van der Waals surface area contributed by atoms with Gasteiger partial charge >= 0.3 is 0 Å². The van der Waals surface area contributed by atoms with E-state index in [-0.39, 0.29) is 34.8 Å². The van der Waals surface area contributed by atoms with Gasteiger partial charge in [-0.2, -0.15) is 0 Å². The third kappa shape index (κ3) is 3.40. The van der Waals surface area contributed by atoms with E-state index in [4.69, 9.17) is 10.5 Å². The van der Waals surface area contributed by atoms with E-state index in [9.17, 15) is 14.4 Å². The minimum Gasteiger partial charge on any atom is -0.482 e. The number of H-pyrrole nitrogens is 1. The standard InChI is InChI=1S/C15H14N4O4S/c1-7(24-15-18-11(16)5-12(20)19-15)14(22)8-2-3-10-9(4-8)17-13(21)6-23-10/h2-5,7H,6H2,1H3,(H,17,21)(H3,16,18,19,20). The second kappa shape index (κ2) is 6.36. The zero-order valence-corrected chi connectivity index (χ0v) is 13.5. The first-order valence-corrected chi connectivity index (χ1v) is 7.95. The highest BCUT2D eigenvalue weighted by Crippen LogP contribution is 2.30. The van der Waals surface area contributed by atoms with Gasteiger partial charge in [0.25, 0.3) is 11.5 Å². The Hall–Kier alpha value is -2.81. The molecule has 1 aliphatic heterocycles. The van der Waals surface area contributed by atoms with Crippen molar-refractivity contribution in [1.29, 1.82) is 0 Å². The minimum atomic E-state index is -0.506. The van der Waals surface area contributed by atoms with E-state index in [1.807, 2.05) is 0 Å². The van der Waals surface area contributed by atoms with Crippen LogP contribution in [-0.4, -0.2) is 33.5 Å². The van der Waals surface area contributed by atoms with Crippen molar-refractivity contribution in [1.82, 2.24) is 9.97 Å². The summed E-state index contributed by atoms with van der Waals surface area (Å²) in [5.41, 5.74) is 6.04. The van der Waals surface area contributed by atoms with Gasteiger partial charge in [0.1, 0.15) is 11.6 Å². The number of thioether (sulfide) groups is 1. The Labute approximate surface area is 140 Å². The summed E-state index contributed by atoms with van der Waals surface area (Å²) in [5, 5.41) is 2.43. The van der Waals surface area contributed by atoms with Crippen LogP contribution in [0.15, 0.2) is 34.2 Å². The number of benzene rings is 1. The van der Waals surface area contributed by atoms with Gasteiger partial charge in [-0.05, 0) is 25.1 Å². The lowest BCUT2D eigenvalue weighted by molar-refractivity contribution is -0.118. The van der Waals surface area contributed by atoms with Crippen LogP contribution in [0, 0.1) is 0 Å². The smallest absolute Gasteiger partial charge is 0.262 e. The lowest BCUT2D eigenvalue weighted by Gasteiger charge is -2.19. The molecule has 0 aliphatic carbocycles. The Bertz CT molecular complexity index is 880. The lowest BCUT2D eigenvalue weighted by Crippen LogP contribution is -2.26. The first-order valence-electron chi connectivity index (χ1n) is 7.07. The minimum absolute atomic E-state index is 0.0407. The normalized spacial score (nSPS) is 14.3. The van der Waals surface area contributed by atoms with Gasteiger partial charge in [0.15, 0.2) is 17.5 Å². The molecular weight excluding hydrogens is 332 g/mol. The molecule has 1 unspecified atom stereocenters. The van der Waals surface area contributed by atoms with Gasteiger partial charge in [-0.25, -0.2) is 4.98 Å². The Kier molecular flexibility index (Phi) is 4.26. The lowest BCUT2D eigenvalue weighted by atomic mass is 10.1. The molecule has 0 bridgehead atoms. The maximum Gasteiger partial charge on any atom is 0.262 e. The number of amides is 1. The summed E-state index contributed by atoms with van der Waals surface area (Å²) in [6.07, 6.45) is 0. The Morgan fingerprint density at radius 2 is 2.17 bits per heavy atom. The SMILES string of the molecule is CC(Sc1nc(N)cc(=O)[nH]1)C(=O)c1ccc2c(c1)NC(=O)CO2. The van der Waals surface area contributed by atoms with E-state index >= 15 is 0 Å². The topological polar surface area (TPSA) is 127 Å². The highest BCUT2D eigenvalue weighted by atomic mass is 32.2. The van der Waals surface area contributed by atoms with Gasteiger partial charge in [0.05, 0.1) is 10.9 Å². The molecule has 1 atom stereocenters. The molecule has 9 heteroatoms. The molecule has 1 aromatic heterocycles. The van der Waals surface area contributed by atoms with Crippen molar-refractivity contribution in [3.05, 3.63) is 40.2 Å². The molecule has 0 spiro atoms. The molecule has 2 heterocycles. The predicted octanol–water partition coefficient (Wildman–Crippen LogP) is 1.05. The fourth-order valence-corrected chi connectivity index (χ4v) is 3.10. The number of carbonyl (C=O) groups excluding carboxylic acids is 2. The third-order valence-electron chi connectivity index (χ3n) is 3.29. The first-order chi connectivity index (χ1) is 11.4. The van der Waals surface area contributed by atoms with Gasteiger partial charge in [-0.1, -0.05) is 11.8 Å². The Morgan fingerprint density at radius 1 is 1.38 bits per heavy atom. The molecule has 8 nitrogen and oxygen atoms in total. The molecule has 0 radical (unpaired) electrons. The summed E-state index contributed by atoms with van der Waals surface area (Å²) in [4.78, 5) is 41.8. The Balaban J connectivity index is 1.79. The van der Waals surface area contributed by atoms with E-state index in [0.717, 1.165) is 11.8 Å². The fraction of sp³-hybridized carbons (Fsp3) is 0.200. The molecule has 124 valence electrons. The zero-order valence-electron chi connectivity index (χ0n) is 12.7. The molecule has 1 amide bonds. The number of fused-ring (bicyclic) bond motifs is 1. The van der Waals surface area contributed by atoms with Crippen molar-refractivity contribution in [2.75, 3.05) is 17.7 Å². The summed E-state index contributed by atoms with van der Waals surface area (Å²) >= 11 is 1.10. The van der Waals surface area contributed by atoms with E-state index in [1.54, 1.807) is 25.1 Å². The Morgan fingerprint density at radius 3 is 2.92 bits per heavy atom. The number of Topliss-reactive ketones (excluding diaryl/α,β-unsaturated/α-hetero) is 1. The van der Waals surface area contributed by atoms with Gasteiger partial charge in [-0.3, -0.25) is 14.4 Å². The molecule has 24 heavy (non-hydrogen) atoms. The van der Waals surface area contributed by atoms with E-state index in [0.29, 0.717) is 17.0 Å². The molecule has 0 saturated carbocycles. The van der Waals surface area contributed by atoms with Crippen LogP contribution in [0.25, 0.3) is 0 Å². The molecule has 1 aliphatic rings. The summed E-state index contributed by atoms with van der Waals surface area (Å²) in [7, 11) is 0. The van der Waals surface area contributed by atoms with Crippen LogP contribution in [0.3, 0.4) is 0 Å². The average Bonchev–Trinajstić information content (AvgIpc) is 2.52. The van der Waals surface area contributed by atoms with Crippen molar-refractivity contribution in [2.45, 2.75) is 17.3 Å². The molecule has 0 saturated heterocycles. The molecule has 1 aromatic carbocycles. The van der Waals surface area contributed by atoms with Gasteiger partial charge in [0, 0.05) is 11.6 Å². The van der Waals surface area contributed by atoms with Crippen LogP contribution in [0.5, 0.6) is 5.75 Å². The van der Waals surface area contributed by atoms with Crippen molar-refractivity contribution in [3.63, 3.8) is 0 Å². The quantitative estimate of drug-likeness (QED) is 0.429. The van der Waals surface area contributed by atoms with Gasteiger partial charge < -0.3 is 20.8 Å². The van der Waals surface area contributed by atoms with Crippen molar-refractivity contribution in [3.8, 4) is 5.75 Å². The number of aromatic amines is 1. The number of aromatic nitrogens is 2. The van der Waals surface area contributed by atoms with Gasteiger partial charge in [0.2, 0.25) is 0 Å². The van der Waals surface area contributed by atoms with Crippen molar-refractivity contribution < 1.29 is 14.3 Å². The van der Waals surface area contributed by atoms with Crippen LogP contribution in [-0.2, 0) is 4.79 Å². The highest BCUT2D eigenvalue weighted by molar-refractivity contribution is 8.00. The van der Waals surface area contributed by atoms with Crippen molar-refractivity contribution >= 4 is 35.0 Å². The third-order valence-corrected chi connectivity index (χ3v) is 4.28. The summed E-state index contributed by atoms with van der Waals surface area (Å²) in [6.45, 7) is 1.66. The van der Waals surface area contributed by atoms with Crippen LogP contribution in [0.2, 0.25) is 0 Å². The van der Waals surface area contributed by atoms with Crippen molar-refractivity contribution in [2.24, 2.45) is 0 Å². The summed E-state index contributed by atoms with van der Waals surface area (Å²) in [6, 6.07) is 6.01. The average molecular weight is 346 g/mol. The molecule has 3 rings (SSSR count). The zero-order chi connectivity index (χ0) is 17.3. The predicted molar refractivity (Wildman–Crippen MR) is 89.5 cm³/mol. The number of rotatable bonds is 4. The first kappa shape index (κ1) is 16.1. The maximum atomic E-state index is 12.6. The van der Waals surface area contributed by atoms with Crippen LogP contribution >= 0.6 is 11.8 Å². The number of anilines is 2. The molecule has 4 N–H and O–H groups in total. The number of nitrogens with one attached hydrogen (secondary N) is 2. The van der Waals surface area contributed by atoms with Crippen LogP contribution < -0.4 is 21.3 Å². The fourth-order valence-electron chi connectivity index (χ4n) is 2.20. The number of hydrogen-bond donors (Lipinski definition) is 3. The molecule has 0 fully saturated rings. The van der Waals surface area contributed by atoms with Gasteiger partial charge in [-0.15, -0.1) is 0 Å². The monoisotopic (exact) mass is 346 g/mol. The molecule has 2 aromatic rings. The number of carbonyl (C=O) groups is 2.